The molecule has 0 radical (unpaired) electrons. The zero-order chi connectivity index (χ0) is 14.9. The van der Waals surface area contributed by atoms with Crippen LogP contribution in [0.15, 0.2) is 0 Å². The molecule has 1 aliphatic rings. The van der Waals surface area contributed by atoms with E-state index >= 15 is 0 Å². The zero-order valence-electron chi connectivity index (χ0n) is 12.0. The third kappa shape index (κ3) is 3.19. The molecule has 0 aliphatic heterocycles. The number of rotatable bonds is 4. The average molecular weight is 296 g/mol. The molecule has 2 rings (SSSR count). The number of aryl methyl sites for hydroxylation is 1. The molecule has 0 aromatic carbocycles. The van der Waals surface area contributed by atoms with Crippen LogP contribution in [-0.4, -0.2) is 24.5 Å². The predicted molar refractivity (Wildman–Crippen MR) is 79.2 cm³/mol. The molecular formula is C14H20N2O3S. The number of hydrogen-bond acceptors (Lipinski definition) is 5. The van der Waals surface area contributed by atoms with Gasteiger partial charge in [-0.25, -0.2) is 4.79 Å². The summed E-state index contributed by atoms with van der Waals surface area (Å²) < 4.78 is 4.83. The molecule has 5 nitrogen and oxygen atoms in total. The van der Waals surface area contributed by atoms with E-state index in [0.717, 1.165) is 24.8 Å². The van der Waals surface area contributed by atoms with E-state index in [1.165, 1.54) is 23.3 Å². The fourth-order valence-electron chi connectivity index (χ4n) is 2.39. The monoisotopic (exact) mass is 296 g/mol. The number of carbonyl (C=O) groups excluding carboxylic acids is 2. The van der Waals surface area contributed by atoms with E-state index < -0.39 is 5.54 Å². The first-order valence-corrected chi connectivity index (χ1v) is 7.45. The lowest BCUT2D eigenvalue weighted by atomic mass is 10.0. The third-order valence-corrected chi connectivity index (χ3v) is 4.39. The minimum absolute atomic E-state index is 0.178. The van der Waals surface area contributed by atoms with E-state index in [4.69, 9.17) is 10.5 Å². The van der Waals surface area contributed by atoms with Gasteiger partial charge in [-0.2, -0.15) is 0 Å². The van der Waals surface area contributed by atoms with Crippen LogP contribution in [0.5, 0.6) is 0 Å². The molecule has 6 heteroatoms. The summed E-state index contributed by atoms with van der Waals surface area (Å²) in [6.45, 7) is 3.59. The largest absolute Gasteiger partial charge is 0.465 e. The molecule has 20 heavy (non-hydrogen) atoms. The van der Waals surface area contributed by atoms with Gasteiger partial charge in [-0.3, -0.25) is 4.79 Å². The van der Waals surface area contributed by atoms with E-state index in [9.17, 15) is 9.59 Å². The van der Waals surface area contributed by atoms with Crippen molar-refractivity contribution >= 4 is 28.2 Å². The van der Waals surface area contributed by atoms with Crippen molar-refractivity contribution in [3.63, 3.8) is 0 Å². The third-order valence-electron chi connectivity index (χ3n) is 3.18. The first-order valence-electron chi connectivity index (χ1n) is 6.63. The quantitative estimate of drug-likeness (QED) is 0.834. The van der Waals surface area contributed by atoms with Crippen LogP contribution in [0.2, 0.25) is 0 Å². The van der Waals surface area contributed by atoms with Crippen molar-refractivity contribution in [3.05, 3.63) is 16.0 Å². The summed E-state index contributed by atoms with van der Waals surface area (Å²) in [4.78, 5) is 25.1. The molecule has 110 valence electrons. The molecule has 0 spiro atoms. The van der Waals surface area contributed by atoms with Gasteiger partial charge < -0.3 is 15.8 Å². The van der Waals surface area contributed by atoms with Gasteiger partial charge in [0, 0.05) is 16.8 Å². The van der Waals surface area contributed by atoms with E-state index in [1.54, 1.807) is 13.8 Å². The van der Waals surface area contributed by atoms with E-state index in [-0.39, 0.29) is 18.3 Å². The van der Waals surface area contributed by atoms with Crippen LogP contribution < -0.4 is 11.1 Å². The van der Waals surface area contributed by atoms with Crippen LogP contribution in [0.4, 0.5) is 5.00 Å². The maximum absolute atomic E-state index is 12.0. The Morgan fingerprint density at radius 2 is 2.10 bits per heavy atom. The van der Waals surface area contributed by atoms with Crippen LogP contribution in [0.3, 0.4) is 0 Å². The second-order valence-corrected chi connectivity index (χ2v) is 6.87. The van der Waals surface area contributed by atoms with E-state index in [1.807, 2.05) is 0 Å². The van der Waals surface area contributed by atoms with Gasteiger partial charge in [-0.1, -0.05) is 0 Å². The minimum atomic E-state index is -0.574. The predicted octanol–water partition coefficient (Wildman–Crippen LogP) is 2.09. The highest BCUT2D eigenvalue weighted by molar-refractivity contribution is 7.17. The Balaban J connectivity index is 2.24. The zero-order valence-corrected chi connectivity index (χ0v) is 12.9. The van der Waals surface area contributed by atoms with E-state index in [0.29, 0.717) is 10.6 Å². The summed E-state index contributed by atoms with van der Waals surface area (Å²) in [5, 5.41) is 3.40. The fourth-order valence-corrected chi connectivity index (χ4v) is 3.69. The highest BCUT2D eigenvalue weighted by atomic mass is 32.1. The van der Waals surface area contributed by atoms with Gasteiger partial charge in [0.25, 0.3) is 0 Å². The minimum Gasteiger partial charge on any atom is -0.465 e. The summed E-state index contributed by atoms with van der Waals surface area (Å²) >= 11 is 1.47. The van der Waals surface area contributed by atoms with Gasteiger partial charge in [0.1, 0.15) is 5.00 Å². The number of fused-ring (bicyclic) bond motifs is 1. The molecule has 1 aliphatic carbocycles. The number of nitrogens with one attached hydrogen (secondary N) is 1. The maximum atomic E-state index is 12.0. The molecule has 1 heterocycles. The molecular weight excluding hydrogens is 276 g/mol. The number of ether oxygens (including phenoxy) is 1. The van der Waals surface area contributed by atoms with Gasteiger partial charge in [0.15, 0.2) is 0 Å². The van der Waals surface area contributed by atoms with Crippen molar-refractivity contribution in [2.75, 3.05) is 12.4 Å². The van der Waals surface area contributed by atoms with Crippen molar-refractivity contribution in [1.29, 1.82) is 0 Å². The Morgan fingerprint density at radius 3 is 2.70 bits per heavy atom. The summed E-state index contributed by atoms with van der Waals surface area (Å²) in [6.07, 6.45) is 3.09. The highest BCUT2D eigenvalue weighted by Crippen LogP contribution is 2.39. The molecule has 1 aromatic heterocycles. The summed E-state index contributed by atoms with van der Waals surface area (Å²) in [6, 6.07) is 0. The van der Waals surface area contributed by atoms with Crippen LogP contribution in [-0.2, 0) is 22.4 Å². The van der Waals surface area contributed by atoms with E-state index in [2.05, 4.69) is 5.32 Å². The smallest absolute Gasteiger partial charge is 0.341 e. The molecule has 0 atom stereocenters. The number of hydrogen-bond donors (Lipinski definition) is 2. The van der Waals surface area contributed by atoms with Gasteiger partial charge in [-0.05, 0) is 38.7 Å². The van der Waals surface area contributed by atoms with Crippen LogP contribution in [0, 0.1) is 0 Å². The lowest BCUT2D eigenvalue weighted by Gasteiger charge is -2.17. The standard InChI is InChI=1S/C14H20N2O3S/c1-14(2,15)7-10(17)16-12-11(13(18)19-3)8-5-4-6-9(8)20-12/h4-7,15H2,1-3H3,(H,16,17). The lowest BCUT2D eigenvalue weighted by molar-refractivity contribution is -0.117. The molecule has 1 aromatic rings. The molecule has 0 bridgehead atoms. The maximum Gasteiger partial charge on any atom is 0.341 e. The highest BCUT2D eigenvalue weighted by Gasteiger charge is 2.28. The summed E-state index contributed by atoms with van der Waals surface area (Å²) in [5.41, 5.74) is 6.82. The van der Waals surface area contributed by atoms with Gasteiger partial charge in [-0.15, -0.1) is 11.3 Å². The Bertz CT molecular complexity index is 543. The van der Waals surface area contributed by atoms with Crippen molar-refractivity contribution in [1.82, 2.24) is 0 Å². The van der Waals surface area contributed by atoms with Gasteiger partial charge >= 0.3 is 5.97 Å². The Morgan fingerprint density at radius 1 is 1.40 bits per heavy atom. The second kappa shape index (κ2) is 5.54. The summed E-state index contributed by atoms with van der Waals surface area (Å²) in [7, 11) is 1.36. The molecule has 0 saturated carbocycles. The van der Waals surface area contributed by atoms with Crippen LogP contribution in [0.25, 0.3) is 0 Å². The number of carbonyl (C=O) groups is 2. The Labute approximate surface area is 122 Å². The number of amides is 1. The van der Waals surface area contributed by atoms with Crippen molar-refractivity contribution < 1.29 is 14.3 Å². The Hall–Kier alpha value is -1.40. The number of thiophene rings is 1. The molecule has 3 N–H and O–H groups in total. The van der Waals surface area contributed by atoms with Crippen molar-refractivity contribution in [3.8, 4) is 0 Å². The second-order valence-electron chi connectivity index (χ2n) is 5.77. The molecule has 0 unspecified atom stereocenters. The van der Waals surface area contributed by atoms with Crippen LogP contribution in [0.1, 0.15) is 47.5 Å². The first-order chi connectivity index (χ1) is 9.31. The number of nitrogens with two attached hydrogens (primary N) is 1. The summed E-state index contributed by atoms with van der Waals surface area (Å²) in [5.74, 6) is -0.561. The van der Waals surface area contributed by atoms with Crippen LogP contribution >= 0.6 is 11.3 Å². The van der Waals surface area contributed by atoms with Crippen molar-refractivity contribution in [2.45, 2.75) is 45.1 Å². The molecule has 0 saturated heterocycles. The Kier molecular flexibility index (Phi) is 4.15. The molecule has 0 fully saturated rings. The SMILES string of the molecule is COC(=O)c1c(NC(=O)CC(C)(C)N)sc2c1CCC2. The lowest BCUT2D eigenvalue weighted by Crippen LogP contribution is -2.36. The normalized spacial score (nSPS) is 14.0. The fraction of sp³-hybridized carbons (Fsp3) is 0.571. The number of anilines is 1. The topological polar surface area (TPSA) is 81.4 Å². The molecule has 1 amide bonds. The van der Waals surface area contributed by atoms with Gasteiger partial charge in [0.05, 0.1) is 12.7 Å². The van der Waals surface area contributed by atoms with Crippen molar-refractivity contribution in [2.24, 2.45) is 5.73 Å². The number of methoxy groups -OCH3 is 1. The number of esters is 1. The van der Waals surface area contributed by atoms with Gasteiger partial charge in [0.2, 0.25) is 5.91 Å². The first kappa shape index (κ1) is 15.0. The average Bonchev–Trinajstić information content (AvgIpc) is 2.85.